The molecule has 21 heavy (non-hydrogen) atoms. The topological polar surface area (TPSA) is 22.0 Å². The third kappa shape index (κ3) is 3.42. The predicted molar refractivity (Wildman–Crippen MR) is 92.8 cm³/mol. The Labute approximate surface area is 133 Å². The van der Waals surface area contributed by atoms with E-state index in [-0.39, 0.29) is 5.56 Å². The van der Waals surface area contributed by atoms with Gasteiger partial charge in [-0.15, -0.1) is 0 Å². The summed E-state index contributed by atoms with van der Waals surface area (Å²) in [5.41, 5.74) is 1.16. The Morgan fingerprint density at radius 3 is 2.14 bits per heavy atom. The van der Waals surface area contributed by atoms with E-state index in [1.54, 1.807) is 4.57 Å². The summed E-state index contributed by atoms with van der Waals surface area (Å²) in [4.78, 5) is 12.4. The molecule has 0 bridgehead atoms. The summed E-state index contributed by atoms with van der Waals surface area (Å²) in [5.74, 6) is 0. The van der Waals surface area contributed by atoms with Gasteiger partial charge in [0.25, 0.3) is 5.56 Å². The first-order valence-corrected chi connectivity index (χ1v) is 7.86. The second-order valence-corrected chi connectivity index (χ2v) is 5.30. The average molecular weight is 344 g/mol. The van der Waals surface area contributed by atoms with Crippen LogP contribution in [-0.4, -0.2) is 4.57 Å². The summed E-state index contributed by atoms with van der Waals surface area (Å²) < 4.78 is 2.68. The minimum absolute atomic E-state index is 0.0441. The summed E-state index contributed by atoms with van der Waals surface area (Å²) in [6.07, 6.45) is 1.86. The average Bonchev–Trinajstić information content (AvgIpc) is 2.55. The van der Waals surface area contributed by atoms with Gasteiger partial charge in [0, 0.05) is 21.4 Å². The number of benzene rings is 2. The molecule has 3 heteroatoms. The number of hydrogen-bond acceptors (Lipinski definition) is 1. The molecule has 3 aromatic rings. The Balaban J connectivity index is 0.000000774. The van der Waals surface area contributed by atoms with E-state index in [2.05, 4.69) is 15.9 Å². The van der Waals surface area contributed by atoms with Crippen molar-refractivity contribution in [2.75, 3.05) is 0 Å². The van der Waals surface area contributed by atoms with Crippen LogP contribution < -0.4 is 5.56 Å². The summed E-state index contributed by atoms with van der Waals surface area (Å²) in [6.45, 7) is 4.59. The van der Waals surface area contributed by atoms with Crippen LogP contribution in [0.1, 0.15) is 19.4 Å². The molecule has 0 radical (unpaired) electrons. The third-order valence-corrected chi connectivity index (χ3v) is 3.77. The molecule has 2 nitrogen and oxygen atoms in total. The van der Waals surface area contributed by atoms with Gasteiger partial charge >= 0.3 is 0 Å². The zero-order chi connectivity index (χ0) is 15.2. The number of nitrogens with zero attached hydrogens (tertiary/aromatic N) is 1. The molecule has 0 saturated carbocycles. The first kappa shape index (κ1) is 15.5. The van der Waals surface area contributed by atoms with Crippen molar-refractivity contribution in [3.63, 3.8) is 0 Å². The SMILES string of the molecule is CC.O=c1c2ccccc2c(Br)cn1Cc1ccccc1. The van der Waals surface area contributed by atoms with Gasteiger partial charge in [-0.25, -0.2) is 0 Å². The first-order valence-electron chi connectivity index (χ1n) is 7.07. The quantitative estimate of drug-likeness (QED) is 0.652. The highest BCUT2D eigenvalue weighted by Crippen LogP contribution is 2.20. The summed E-state index contributed by atoms with van der Waals surface area (Å²) in [6, 6.07) is 17.6. The Morgan fingerprint density at radius 2 is 1.48 bits per heavy atom. The highest BCUT2D eigenvalue weighted by Gasteiger charge is 2.06. The highest BCUT2D eigenvalue weighted by molar-refractivity contribution is 9.10. The molecule has 0 aliphatic carbocycles. The van der Waals surface area contributed by atoms with Crippen molar-refractivity contribution in [3.8, 4) is 0 Å². The van der Waals surface area contributed by atoms with Crippen LogP contribution in [-0.2, 0) is 6.54 Å². The lowest BCUT2D eigenvalue weighted by Gasteiger charge is -2.09. The van der Waals surface area contributed by atoms with E-state index in [4.69, 9.17) is 0 Å². The summed E-state index contributed by atoms with van der Waals surface area (Å²) in [7, 11) is 0. The fraction of sp³-hybridized carbons (Fsp3) is 0.167. The molecule has 0 saturated heterocycles. The smallest absolute Gasteiger partial charge is 0.258 e. The van der Waals surface area contributed by atoms with Crippen molar-refractivity contribution in [2.24, 2.45) is 0 Å². The zero-order valence-electron chi connectivity index (χ0n) is 12.2. The van der Waals surface area contributed by atoms with Gasteiger partial charge in [-0.1, -0.05) is 62.4 Å². The number of rotatable bonds is 2. The van der Waals surface area contributed by atoms with E-state index < -0.39 is 0 Å². The molecule has 1 heterocycles. The molecule has 0 amide bonds. The lowest BCUT2D eigenvalue weighted by Crippen LogP contribution is -2.20. The van der Waals surface area contributed by atoms with Crippen LogP contribution in [0, 0.1) is 0 Å². The molecule has 0 aliphatic rings. The number of aromatic nitrogens is 1. The monoisotopic (exact) mass is 343 g/mol. The molecule has 0 unspecified atom stereocenters. The van der Waals surface area contributed by atoms with Gasteiger partial charge in [-0.2, -0.15) is 0 Å². The number of halogens is 1. The van der Waals surface area contributed by atoms with Crippen molar-refractivity contribution >= 4 is 26.7 Å². The fourth-order valence-electron chi connectivity index (χ4n) is 2.20. The van der Waals surface area contributed by atoms with Gasteiger partial charge in [0.1, 0.15) is 0 Å². The minimum atomic E-state index is 0.0441. The molecule has 3 rings (SSSR count). The fourth-order valence-corrected chi connectivity index (χ4v) is 2.79. The maximum absolute atomic E-state index is 12.4. The standard InChI is InChI=1S/C16H12BrNO.C2H6/c17-15-11-18(10-12-6-2-1-3-7-12)16(19)14-9-5-4-8-13(14)15;1-2/h1-9,11H,10H2;1-2H3. The molecule has 0 fully saturated rings. The number of fused-ring (bicyclic) bond motifs is 1. The minimum Gasteiger partial charge on any atom is -0.309 e. The van der Waals surface area contributed by atoms with Crippen molar-refractivity contribution in [1.29, 1.82) is 0 Å². The number of pyridine rings is 1. The van der Waals surface area contributed by atoms with Crippen LogP contribution in [0.25, 0.3) is 10.8 Å². The normalized spacial score (nSPS) is 10.0. The van der Waals surface area contributed by atoms with Gasteiger partial charge in [0.05, 0.1) is 6.54 Å². The van der Waals surface area contributed by atoms with E-state index in [1.165, 1.54) is 0 Å². The van der Waals surface area contributed by atoms with E-state index in [0.717, 1.165) is 20.8 Å². The predicted octanol–water partition coefficient (Wildman–Crippen LogP) is 4.84. The first-order chi connectivity index (χ1) is 10.3. The Bertz CT molecular complexity index is 778. The van der Waals surface area contributed by atoms with E-state index in [1.807, 2.05) is 74.6 Å². The maximum Gasteiger partial charge on any atom is 0.258 e. The molecule has 0 N–H and O–H groups in total. The molecular weight excluding hydrogens is 326 g/mol. The second kappa shape index (κ2) is 7.23. The van der Waals surface area contributed by atoms with Gasteiger partial charge in [0.15, 0.2) is 0 Å². The Hall–Kier alpha value is -1.87. The zero-order valence-corrected chi connectivity index (χ0v) is 13.8. The Kier molecular flexibility index (Phi) is 5.34. The summed E-state index contributed by atoms with van der Waals surface area (Å²) >= 11 is 3.54. The van der Waals surface area contributed by atoms with Crippen molar-refractivity contribution in [2.45, 2.75) is 20.4 Å². The molecule has 0 spiro atoms. The molecule has 0 atom stereocenters. The molecular formula is C18H18BrNO. The van der Waals surface area contributed by atoms with Crippen LogP contribution in [0.3, 0.4) is 0 Å². The molecule has 1 aromatic heterocycles. The molecule has 108 valence electrons. The largest absolute Gasteiger partial charge is 0.309 e. The van der Waals surface area contributed by atoms with Crippen LogP contribution in [0.4, 0.5) is 0 Å². The van der Waals surface area contributed by atoms with Crippen LogP contribution in [0.2, 0.25) is 0 Å². The van der Waals surface area contributed by atoms with E-state index in [0.29, 0.717) is 6.54 Å². The lowest BCUT2D eigenvalue weighted by molar-refractivity contribution is 0.765. The third-order valence-electron chi connectivity index (χ3n) is 3.14. The van der Waals surface area contributed by atoms with Crippen LogP contribution >= 0.6 is 15.9 Å². The van der Waals surface area contributed by atoms with Gasteiger partial charge in [-0.3, -0.25) is 4.79 Å². The second-order valence-electron chi connectivity index (χ2n) is 4.44. The maximum atomic E-state index is 12.4. The van der Waals surface area contributed by atoms with Gasteiger partial charge in [0.2, 0.25) is 0 Å². The van der Waals surface area contributed by atoms with E-state index in [9.17, 15) is 4.79 Å². The van der Waals surface area contributed by atoms with Crippen molar-refractivity contribution < 1.29 is 0 Å². The molecule has 0 aliphatic heterocycles. The molecule has 2 aromatic carbocycles. The number of hydrogen-bond donors (Lipinski definition) is 0. The van der Waals surface area contributed by atoms with Crippen LogP contribution in [0.15, 0.2) is 70.1 Å². The van der Waals surface area contributed by atoms with Crippen molar-refractivity contribution in [3.05, 3.63) is 81.2 Å². The van der Waals surface area contributed by atoms with E-state index >= 15 is 0 Å². The summed E-state index contributed by atoms with van der Waals surface area (Å²) in [5, 5.41) is 1.70. The highest BCUT2D eigenvalue weighted by atomic mass is 79.9. The Morgan fingerprint density at radius 1 is 0.905 bits per heavy atom. The van der Waals surface area contributed by atoms with Crippen molar-refractivity contribution in [1.82, 2.24) is 4.57 Å². The van der Waals surface area contributed by atoms with Gasteiger partial charge < -0.3 is 4.57 Å². The van der Waals surface area contributed by atoms with Gasteiger partial charge in [-0.05, 0) is 27.6 Å². The lowest BCUT2D eigenvalue weighted by atomic mass is 10.1. The van der Waals surface area contributed by atoms with Crippen LogP contribution in [0.5, 0.6) is 0 Å².